The molecule has 2 aromatic heterocycles. The van der Waals surface area contributed by atoms with Gasteiger partial charge in [-0.3, -0.25) is 4.98 Å². The first-order valence-electron chi connectivity index (χ1n) is 14.6. The summed E-state index contributed by atoms with van der Waals surface area (Å²) in [6, 6.07) is 22.5. The first-order chi connectivity index (χ1) is 20.8. The van der Waals surface area contributed by atoms with Gasteiger partial charge in [0, 0.05) is 38.2 Å². The van der Waals surface area contributed by atoms with Crippen molar-refractivity contribution in [2.45, 2.75) is 52.9 Å². The number of hydrogen-bond acceptors (Lipinski definition) is 6. The van der Waals surface area contributed by atoms with Gasteiger partial charge in [0.15, 0.2) is 5.69 Å². The van der Waals surface area contributed by atoms with Crippen LogP contribution in [-0.2, 0) is 22.8 Å². The lowest BCUT2D eigenvalue weighted by atomic mass is 10.1. The lowest BCUT2D eigenvalue weighted by Crippen LogP contribution is -2.22. The molecular formula is C35H41N3O4Si. The van der Waals surface area contributed by atoms with E-state index >= 15 is 0 Å². The van der Waals surface area contributed by atoms with Gasteiger partial charge in [-0.1, -0.05) is 68.2 Å². The maximum atomic E-state index is 12.9. The molecule has 0 aliphatic carbocycles. The summed E-state index contributed by atoms with van der Waals surface area (Å²) in [5, 5.41) is 0. The topological polar surface area (TPSA) is 75.5 Å². The van der Waals surface area contributed by atoms with E-state index in [2.05, 4.69) is 24.6 Å². The fourth-order valence-corrected chi connectivity index (χ4v) is 4.97. The molecule has 4 aromatic rings. The molecular weight excluding hydrogens is 554 g/mol. The van der Waals surface area contributed by atoms with E-state index in [1.54, 1.807) is 12.4 Å². The molecule has 43 heavy (non-hydrogen) atoms. The summed E-state index contributed by atoms with van der Waals surface area (Å²) in [6.07, 6.45) is 9.56. The van der Waals surface area contributed by atoms with Crippen molar-refractivity contribution in [3.8, 4) is 28.4 Å². The number of pyridine rings is 1. The number of carbonyl (C=O) groups is 1. The van der Waals surface area contributed by atoms with Crippen molar-refractivity contribution in [3.63, 3.8) is 0 Å². The van der Waals surface area contributed by atoms with Crippen molar-refractivity contribution in [2.24, 2.45) is 0 Å². The van der Waals surface area contributed by atoms with Gasteiger partial charge < -0.3 is 18.8 Å². The van der Waals surface area contributed by atoms with Gasteiger partial charge in [0.25, 0.3) is 0 Å². The van der Waals surface area contributed by atoms with E-state index < -0.39 is 14.0 Å². The molecule has 0 saturated heterocycles. The van der Waals surface area contributed by atoms with Crippen molar-refractivity contribution >= 4 is 14.0 Å². The predicted octanol–water partition coefficient (Wildman–Crippen LogP) is 8.18. The van der Waals surface area contributed by atoms with Gasteiger partial charge in [0.05, 0.1) is 5.69 Å². The molecule has 0 radical (unpaired) electrons. The zero-order valence-corrected chi connectivity index (χ0v) is 26.7. The standard InChI is InChI=1S/C35H41N3O4Si/c1-6-11-27(7-2)24-41-31-17-14-29(15-18-31)32-19-16-30(22-36-32)34-37-33(23-38(34)26-40-20-21-43(3,4)5)35(39)42-25-28-12-9-8-10-13-28/h6-19,22-23H,20-21,24-26H2,1-5H3. The van der Waals surface area contributed by atoms with Gasteiger partial charge in [-0.15, -0.1) is 0 Å². The molecule has 0 saturated carbocycles. The number of ether oxygens (including phenoxy) is 3. The molecule has 0 unspecified atom stereocenters. The van der Waals surface area contributed by atoms with Crippen LogP contribution in [0, 0.1) is 0 Å². The van der Waals surface area contributed by atoms with Crippen LogP contribution in [0.5, 0.6) is 5.75 Å². The van der Waals surface area contributed by atoms with Crippen molar-refractivity contribution in [1.29, 1.82) is 0 Å². The lowest BCUT2D eigenvalue weighted by molar-refractivity contribution is 0.0465. The van der Waals surface area contributed by atoms with Crippen molar-refractivity contribution in [1.82, 2.24) is 14.5 Å². The molecule has 224 valence electrons. The van der Waals surface area contributed by atoms with E-state index in [1.807, 2.05) is 103 Å². The van der Waals surface area contributed by atoms with Gasteiger partial charge in [0.1, 0.15) is 31.5 Å². The number of esters is 1. The molecule has 0 amide bonds. The highest BCUT2D eigenvalue weighted by atomic mass is 28.3. The second kappa shape index (κ2) is 15.3. The third kappa shape index (κ3) is 9.63. The van der Waals surface area contributed by atoms with Gasteiger partial charge in [-0.05, 0) is 67.4 Å². The van der Waals surface area contributed by atoms with Gasteiger partial charge in [-0.2, -0.15) is 0 Å². The fourth-order valence-electron chi connectivity index (χ4n) is 4.21. The van der Waals surface area contributed by atoms with Crippen LogP contribution in [0.2, 0.25) is 25.7 Å². The van der Waals surface area contributed by atoms with Crippen LogP contribution in [0.1, 0.15) is 29.9 Å². The van der Waals surface area contributed by atoms with E-state index in [0.717, 1.165) is 39.8 Å². The largest absolute Gasteiger partial charge is 0.489 e. The van der Waals surface area contributed by atoms with Crippen LogP contribution in [0.25, 0.3) is 22.6 Å². The highest BCUT2D eigenvalue weighted by molar-refractivity contribution is 6.76. The lowest BCUT2D eigenvalue weighted by Gasteiger charge is -2.16. The molecule has 8 heteroatoms. The van der Waals surface area contributed by atoms with E-state index in [0.29, 0.717) is 19.0 Å². The predicted molar refractivity (Wildman–Crippen MR) is 175 cm³/mol. The molecule has 4 rings (SSSR count). The Balaban J connectivity index is 1.48. The van der Waals surface area contributed by atoms with Crippen LogP contribution in [0.3, 0.4) is 0 Å². The summed E-state index contributed by atoms with van der Waals surface area (Å²) in [5.74, 6) is 0.917. The zero-order valence-electron chi connectivity index (χ0n) is 25.7. The van der Waals surface area contributed by atoms with Crippen molar-refractivity contribution in [2.75, 3.05) is 13.2 Å². The molecule has 0 fully saturated rings. The molecule has 0 aliphatic rings. The Hall–Kier alpha value is -4.27. The molecule has 2 heterocycles. The number of nitrogens with zero attached hydrogens (tertiary/aromatic N) is 3. The summed E-state index contributed by atoms with van der Waals surface area (Å²) in [7, 11) is -1.23. The number of benzene rings is 2. The minimum Gasteiger partial charge on any atom is -0.489 e. The Kier molecular flexibility index (Phi) is 11.2. The van der Waals surface area contributed by atoms with Crippen LogP contribution < -0.4 is 4.74 Å². The summed E-state index contributed by atoms with van der Waals surface area (Å²) in [6.45, 7) is 12.6. The van der Waals surface area contributed by atoms with Crippen molar-refractivity contribution in [3.05, 3.63) is 114 Å². The summed E-state index contributed by atoms with van der Waals surface area (Å²) in [5.41, 5.74) is 4.85. The number of carbonyl (C=O) groups excluding carboxylic acids is 1. The van der Waals surface area contributed by atoms with Crippen LogP contribution in [-0.4, -0.2) is 41.8 Å². The summed E-state index contributed by atoms with van der Waals surface area (Å²) < 4.78 is 19.3. The van der Waals surface area contributed by atoms with Crippen LogP contribution in [0.15, 0.2) is 103 Å². The Labute approximate surface area is 255 Å². The van der Waals surface area contributed by atoms with E-state index in [4.69, 9.17) is 19.2 Å². The minimum absolute atomic E-state index is 0.181. The number of hydrogen-bond donors (Lipinski definition) is 0. The fraction of sp³-hybridized carbons (Fsp3) is 0.286. The second-order valence-corrected chi connectivity index (χ2v) is 17.1. The third-order valence-corrected chi connectivity index (χ3v) is 8.46. The summed E-state index contributed by atoms with van der Waals surface area (Å²) in [4.78, 5) is 22.3. The van der Waals surface area contributed by atoms with Crippen LogP contribution >= 0.6 is 0 Å². The Morgan fingerprint density at radius 2 is 1.70 bits per heavy atom. The average Bonchev–Trinajstić information content (AvgIpc) is 3.45. The van der Waals surface area contributed by atoms with Crippen molar-refractivity contribution < 1.29 is 19.0 Å². The highest BCUT2D eigenvalue weighted by Gasteiger charge is 2.18. The highest BCUT2D eigenvalue weighted by Crippen LogP contribution is 2.25. The molecule has 0 bridgehead atoms. The minimum atomic E-state index is -1.23. The van der Waals surface area contributed by atoms with E-state index in [9.17, 15) is 4.79 Å². The first-order valence-corrected chi connectivity index (χ1v) is 18.3. The number of aromatic nitrogens is 3. The maximum Gasteiger partial charge on any atom is 0.358 e. The molecule has 0 N–H and O–H groups in total. The van der Waals surface area contributed by atoms with Gasteiger partial charge in [0.2, 0.25) is 0 Å². The zero-order chi connectivity index (χ0) is 30.7. The Bertz CT molecular complexity index is 1520. The quantitative estimate of drug-likeness (QED) is 0.0633. The number of allylic oxidation sites excluding steroid dienone is 2. The van der Waals surface area contributed by atoms with Gasteiger partial charge >= 0.3 is 5.97 Å². The average molecular weight is 596 g/mol. The monoisotopic (exact) mass is 595 g/mol. The Morgan fingerprint density at radius 3 is 2.35 bits per heavy atom. The number of imidazole rings is 1. The smallest absolute Gasteiger partial charge is 0.358 e. The normalized spacial score (nSPS) is 12.1. The molecule has 0 atom stereocenters. The molecule has 0 spiro atoms. The summed E-state index contributed by atoms with van der Waals surface area (Å²) >= 11 is 0. The van der Waals surface area contributed by atoms with Gasteiger partial charge in [-0.25, -0.2) is 9.78 Å². The van der Waals surface area contributed by atoms with E-state index in [1.165, 1.54) is 0 Å². The van der Waals surface area contributed by atoms with E-state index in [-0.39, 0.29) is 19.0 Å². The molecule has 0 aliphatic heterocycles. The molecule has 2 aromatic carbocycles. The second-order valence-electron chi connectivity index (χ2n) is 11.4. The first kappa shape index (κ1) is 31.7. The third-order valence-electron chi connectivity index (χ3n) is 6.75. The van der Waals surface area contributed by atoms with Crippen LogP contribution in [0.4, 0.5) is 0 Å². The number of rotatable bonds is 14. The SMILES string of the molecule is CC=CC(=CC)COc1ccc(-c2ccc(-c3nc(C(=O)OCc4ccccc4)cn3COCC[Si](C)(C)C)cn2)cc1. The molecule has 7 nitrogen and oxygen atoms in total. The Morgan fingerprint density at radius 1 is 0.953 bits per heavy atom. The maximum absolute atomic E-state index is 12.9.